The third-order valence-corrected chi connectivity index (χ3v) is 4.37. The predicted molar refractivity (Wildman–Crippen MR) is 100 cm³/mol. The summed E-state index contributed by atoms with van der Waals surface area (Å²) in [5.74, 6) is 0.0993. The highest BCUT2D eigenvalue weighted by Gasteiger charge is 2.13. The number of anilines is 1. The first-order chi connectivity index (χ1) is 13.1. The van der Waals surface area contributed by atoms with E-state index in [-0.39, 0.29) is 12.5 Å². The van der Waals surface area contributed by atoms with E-state index in [9.17, 15) is 14.0 Å². The minimum atomic E-state index is -0.455. The number of carbonyl (C=O) groups is 2. The van der Waals surface area contributed by atoms with Gasteiger partial charge in [-0.2, -0.15) is 0 Å². The Morgan fingerprint density at radius 3 is 2.63 bits per heavy atom. The van der Waals surface area contributed by atoms with Crippen molar-refractivity contribution in [3.63, 3.8) is 0 Å². The van der Waals surface area contributed by atoms with Crippen LogP contribution in [0, 0.1) is 5.82 Å². The second-order valence-corrected chi connectivity index (χ2v) is 6.20. The minimum absolute atomic E-state index is 0.0463. The average Bonchev–Trinajstić information content (AvgIpc) is 3.14. The van der Waals surface area contributed by atoms with Gasteiger partial charge in [0.2, 0.25) is 0 Å². The van der Waals surface area contributed by atoms with Crippen molar-refractivity contribution in [3.05, 3.63) is 59.2 Å². The summed E-state index contributed by atoms with van der Waals surface area (Å²) in [5, 5.41) is 4.69. The summed E-state index contributed by atoms with van der Waals surface area (Å²) in [4.78, 5) is 26.9. The molecule has 0 atom stereocenters. The number of ether oxygens (including phenoxy) is 2. The van der Waals surface area contributed by atoms with Gasteiger partial charge in [0, 0.05) is 22.6 Å². The van der Waals surface area contributed by atoms with Gasteiger partial charge in [-0.3, -0.25) is 14.9 Å². The van der Waals surface area contributed by atoms with Crippen LogP contribution in [-0.4, -0.2) is 30.9 Å². The van der Waals surface area contributed by atoms with Crippen LogP contribution in [-0.2, 0) is 4.79 Å². The van der Waals surface area contributed by atoms with E-state index in [0.717, 1.165) is 0 Å². The fourth-order valence-corrected chi connectivity index (χ4v) is 2.99. The van der Waals surface area contributed by atoms with Crippen molar-refractivity contribution in [3.8, 4) is 22.8 Å². The fourth-order valence-electron chi connectivity index (χ4n) is 2.29. The van der Waals surface area contributed by atoms with Crippen molar-refractivity contribution in [1.29, 1.82) is 0 Å². The number of aromatic nitrogens is 1. The minimum Gasteiger partial charge on any atom is -0.497 e. The number of halogens is 1. The van der Waals surface area contributed by atoms with Crippen LogP contribution in [0.5, 0.6) is 11.5 Å². The second-order valence-electron chi connectivity index (χ2n) is 5.34. The number of thiazole rings is 1. The maximum Gasteiger partial charge on any atom is 0.257 e. The lowest BCUT2D eigenvalue weighted by Gasteiger charge is -2.05. The molecule has 27 heavy (non-hydrogen) atoms. The molecule has 0 aliphatic rings. The summed E-state index contributed by atoms with van der Waals surface area (Å²) in [6, 6.07) is 10.8. The molecule has 0 aliphatic carbocycles. The number of amides is 1. The van der Waals surface area contributed by atoms with E-state index in [4.69, 9.17) is 9.47 Å². The Bertz CT molecular complexity index is 957. The molecule has 6 nitrogen and oxygen atoms in total. The first-order valence-corrected chi connectivity index (χ1v) is 8.76. The molecule has 0 unspecified atom stereocenters. The summed E-state index contributed by atoms with van der Waals surface area (Å²) >= 11 is 1.20. The van der Waals surface area contributed by atoms with E-state index in [1.54, 1.807) is 41.8 Å². The third-order valence-electron chi connectivity index (χ3n) is 3.61. The van der Waals surface area contributed by atoms with Gasteiger partial charge in [-0.25, -0.2) is 9.37 Å². The molecule has 3 rings (SSSR count). The largest absolute Gasteiger partial charge is 0.497 e. The van der Waals surface area contributed by atoms with E-state index in [1.165, 1.54) is 24.5 Å². The Morgan fingerprint density at radius 2 is 1.96 bits per heavy atom. The molecule has 1 heterocycles. The van der Waals surface area contributed by atoms with Crippen molar-refractivity contribution in [1.82, 2.24) is 4.98 Å². The lowest BCUT2D eigenvalue weighted by Crippen LogP contribution is -2.11. The zero-order valence-corrected chi connectivity index (χ0v) is 15.1. The third kappa shape index (κ3) is 4.48. The van der Waals surface area contributed by atoms with Gasteiger partial charge in [0.25, 0.3) is 5.91 Å². The number of aldehydes is 1. The van der Waals surface area contributed by atoms with Crippen molar-refractivity contribution in [2.24, 2.45) is 0 Å². The molecule has 1 amide bonds. The number of hydrogen-bond donors (Lipinski definition) is 1. The van der Waals surface area contributed by atoms with Crippen molar-refractivity contribution >= 4 is 28.7 Å². The maximum absolute atomic E-state index is 14.1. The zero-order chi connectivity index (χ0) is 19.2. The molecule has 0 aliphatic heterocycles. The summed E-state index contributed by atoms with van der Waals surface area (Å²) < 4.78 is 24.3. The summed E-state index contributed by atoms with van der Waals surface area (Å²) in [6.07, 6.45) is 0.645. The lowest BCUT2D eigenvalue weighted by atomic mass is 10.1. The number of nitrogens with zero attached hydrogens (tertiary/aromatic N) is 1. The van der Waals surface area contributed by atoms with Crippen LogP contribution in [0.1, 0.15) is 10.4 Å². The molecular formula is C19H15FN2O4S. The monoisotopic (exact) mass is 386 g/mol. The van der Waals surface area contributed by atoms with Crippen LogP contribution < -0.4 is 14.8 Å². The van der Waals surface area contributed by atoms with Gasteiger partial charge in [0.15, 0.2) is 11.4 Å². The fraction of sp³-hybridized carbons (Fsp3) is 0.105. The highest BCUT2D eigenvalue weighted by Crippen LogP contribution is 2.29. The molecule has 0 spiro atoms. The van der Waals surface area contributed by atoms with Crippen LogP contribution in [0.15, 0.2) is 47.8 Å². The maximum atomic E-state index is 14.1. The molecule has 2 aromatic carbocycles. The van der Waals surface area contributed by atoms with Crippen LogP contribution in [0.4, 0.5) is 9.52 Å². The Kier molecular flexibility index (Phi) is 5.77. The highest BCUT2D eigenvalue weighted by atomic mass is 32.1. The zero-order valence-electron chi connectivity index (χ0n) is 14.3. The van der Waals surface area contributed by atoms with Gasteiger partial charge in [-0.1, -0.05) is 0 Å². The van der Waals surface area contributed by atoms with E-state index in [0.29, 0.717) is 39.7 Å². The van der Waals surface area contributed by atoms with Gasteiger partial charge in [0.05, 0.1) is 12.8 Å². The normalized spacial score (nSPS) is 10.3. The predicted octanol–water partition coefficient (Wildman–Crippen LogP) is 3.79. The molecule has 0 radical (unpaired) electrons. The second kappa shape index (κ2) is 8.41. The molecule has 1 N–H and O–H groups in total. The van der Waals surface area contributed by atoms with Crippen LogP contribution in [0.2, 0.25) is 0 Å². The van der Waals surface area contributed by atoms with Crippen LogP contribution in [0.3, 0.4) is 0 Å². The molecule has 0 saturated heterocycles. The highest BCUT2D eigenvalue weighted by molar-refractivity contribution is 7.14. The summed E-state index contributed by atoms with van der Waals surface area (Å²) in [5.41, 5.74) is 1.15. The van der Waals surface area contributed by atoms with Crippen molar-refractivity contribution in [2.75, 3.05) is 19.0 Å². The van der Waals surface area contributed by atoms with E-state index in [1.807, 2.05) is 0 Å². The number of nitrogens with one attached hydrogen (secondary N) is 1. The first kappa shape index (κ1) is 18.5. The standard InChI is InChI=1S/C19H15FN2O4S/c1-25-14-6-7-15(16(20)10-14)17-11-27-19(21-17)22-18(24)12-2-4-13(5-3-12)26-9-8-23/h2-8,10-11H,9H2,1H3,(H,21,22,24). The number of benzene rings is 2. The Morgan fingerprint density at radius 1 is 1.22 bits per heavy atom. The van der Waals surface area contributed by atoms with Crippen molar-refractivity contribution in [2.45, 2.75) is 0 Å². The van der Waals surface area contributed by atoms with Crippen LogP contribution >= 0.6 is 11.3 Å². The molecular weight excluding hydrogens is 371 g/mol. The lowest BCUT2D eigenvalue weighted by molar-refractivity contribution is -0.109. The van der Waals surface area contributed by atoms with E-state index in [2.05, 4.69) is 10.3 Å². The van der Waals surface area contributed by atoms with Crippen molar-refractivity contribution < 1.29 is 23.5 Å². The van der Waals surface area contributed by atoms with E-state index < -0.39 is 5.82 Å². The molecule has 0 bridgehead atoms. The Labute approximate surface area is 158 Å². The molecule has 1 aromatic heterocycles. The van der Waals surface area contributed by atoms with Gasteiger partial charge in [0.1, 0.15) is 23.9 Å². The number of carbonyl (C=O) groups excluding carboxylic acids is 2. The molecule has 0 saturated carbocycles. The SMILES string of the molecule is COc1ccc(-c2csc(NC(=O)c3ccc(OCC=O)cc3)n2)c(F)c1. The molecule has 8 heteroatoms. The smallest absolute Gasteiger partial charge is 0.257 e. The molecule has 138 valence electrons. The quantitative estimate of drug-likeness (QED) is 0.625. The van der Waals surface area contributed by atoms with Crippen LogP contribution in [0.25, 0.3) is 11.3 Å². The Balaban J connectivity index is 1.70. The average molecular weight is 386 g/mol. The number of rotatable bonds is 7. The molecule has 0 fully saturated rings. The van der Waals surface area contributed by atoms with Gasteiger partial charge >= 0.3 is 0 Å². The number of hydrogen-bond acceptors (Lipinski definition) is 6. The summed E-state index contributed by atoms with van der Waals surface area (Å²) in [7, 11) is 1.46. The van der Waals surface area contributed by atoms with E-state index >= 15 is 0 Å². The number of methoxy groups -OCH3 is 1. The van der Waals surface area contributed by atoms with Gasteiger partial charge in [-0.15, -0.1) is 11.3 Å². The Hall–Kier alpha value is -3.26. The first-order valence-electron chi connectivity index (χ1n) is 7.88. The van der Waals surface area contributed by atoms with Gasteiger partial charge in [-0.05, 0) is 36.4 Å². The van der Waals surface area contributed by atoms with Gasteiger partial charge < -0.3 is 9.47 Å². The summed E-state index contributed by atoms with van der Waals surface area (Å²) in [6.45, 7) is -0.0463. The molecule has 3 aromatic rings. The topological polar surface area (TPSA) is 77.5 Å².